The van der Waals surface area contributed by atoms with Crippen LogP contribution in [0.2, 0.25) is 0 Å². The van der Waals surface area contributed by atoms with Gasteiger partial charge in [0, 0.05) is 0 Å². The normalized spacial score (nSPS) is 12.6. The van der Waals surface area contributed by atoms with Crippen molar-refractivity contribution >= 4 is 10.1 Å². The average molecular weight is 255 g/mol. The van der Waals surface area contributed by atoms with Gasteiger partial charge in [-0.05, 0) is 6.42 Å². The fraction of sp³-hybridized carbons (Fsp3) is 0.900. The van der Waals surface area contributed by atoms with E-state index in [2.05, 4.69) is 6.92 Å². The molecular weight excluding hydrogens is 237 g/mol. The van der Waals surface area contributed by atoms with E-state index in [1.54, 1.807) is 6.07 Å². The molecule has 4 nitrogen and oxygen atoms in total. The van der Waals surface area contributed by atoms with Crippen LogP contribution in [0.3, 0.4) is 0 Å². The number of nitrogens with zero attached hydrogens (tertiary/aromatic N) is 1. The molecule has 16 heavy (non-hydrogen) atoms. The molecule has 0 aliphatic carbocycles. The molecule has 0 amide bonds. The zero-order valence-electron chi connectivity index (χ0n) is 10.1. The summed E-state index contributed by atoms with van der Waals surface area (Å²) in [7, 11) is -4.29. The maximum Gasteiger partial charge on any atom is 1.00 e. The molecule has 88 valence electrons. The minimum atomic E-state index is -4.29. The fourth-order valence-electron chi connectivity index (χ4n) is 1.43. The van der Waals surface area contributed by atoms with Gasteiger partial charge in [0.15, 0.2) is 0 Å². The van der Waals surface area contributed by atoms with Crippen LogP contribution in [0.5, 0.6) is 0 Å². The minimum absolute atomic E-state index is 0. The maximum absolute atomic E-state index is 10.7. The van der Waals surface area contributed by atoms with Crippen molar-refractivity contribution < 1.29 is 42.5 Å². The Hall–Kier alpha value is 0.400. The Morgan fingerprint density at radius 2 is 1.81 bits per heavy atom. The Morgan fingerprint density at radius 1 is 1.25 bits per heavy atom. The molecule has 0 saturated carbocycles. The molecule has 0 aromatic rings. The van der Waals surface area contributed by atoms with Gasteiger partial charge < -0.3 is 4.55 Å². The van der Waals surface area contributed by atoms with Gasteiger partial charge in [-0.25, -0.2) is 8.42 Å². The Bertz CT molecular complexity index is 298. The summed E-state index contributed by atoms with van der Waals surface area (Å²) in [5.41, 5.74) is 0. The third-order valence-electron chi connectivity index (χ3n) is 2.36. The van der Waals surface area contributed by atoms with E-state index >= 15 is 0 Å². The standard InChI is InChI=1S/C10H19NO3S.Na/c1-2-3-4-5-6-7-10(8-9-11)15(12,13)14;/h10H,2-8H2,1H3,(H,12,13,14);/q;+1/p-1. The summed E-state index contributed by atoms with van der Waals surface area (Å²) in [6.45, 7) is 2.10. The average Bonchev–Trinajstić information content (AvgIpc) is 2.14. The summed E-state index contributed by atoms with van der Waals surface area (Å²) < 4.78 is 32.2. The molecule has 0 N–H and O–H groups in total. The molecule has 0 aliphatic rings. The van der Waals surface area contributed by atoms with E-state index in [0.717, 1.165) is 25.7 Å². The SMILES string of the molecule is CCCCCCCC(CC#N)S(=O)(=O)[O-].[Na+]. The summed E-state index contributed by atoms with van der Waals surface area (Å²) >= 11 is 0. The van der Waals surface area contributed by atoms with E-state index in [-0.39, 0.29) is 36.0 Å². The minimum Gasteiger partial charge on any atom is -0.748 e. The van der Waals surface area contributed by atoms with Crippen molar-refractivity contribution in [1.29, 1.82) is 5.26 Å². The first-order valence-corrected chi connectivity index (χ1v) is 6.81. The van der Waals surface area contributed by atoms with Crippen LogP contribution in [0.1, 0.15) is 51.9 Å². The van der Waals surface area contributed by atoms with Gasteiger partial charge in [0.05, 0.1) is 27.9 Å². The van der Waals surface area contributed by atoms with Gasteiger partial charge in [0.1, 0.15) is 0 Å². The van der Waals surface area contributed by atoms with E-state index in [1.807, 2.05) is 0 Å². The second-order valence-electron chi connectivity index (χ2n) is 3.68. The molecule has 0 heterocycles. The van der Waals surface area contributed by atoms with Gasteiger partial charge in [-0.15, -0.1) is 0 Å². The second-order valence-corrected chi connectivity index (χ2v) is 5.33. The van der Waals surface area contributed by atoms with Crippen LogP contribution in [-0.4, -0.2) is 18.2 Å². The van der Waals surface area contributed by atoms with Crippen LogP contribution in [0.15, 0.2) is 0 Å². The van der Waals surface area contributed by atoms with Gasteiger partial charge in [-0.2, -0.15) is 5.26 Å². The third kappa shape index (κ3) is 9.61. The molecule has 0 aliphatic heterocycles. The van der Waals surface area contributed by atoms with Crippen molar-refractivity contribution in [1.82, 2.24) is 0 Å². The molecule has 1 unspecified atom stereocenters. The van der Waals surface area contributed by atoms with E-state index in [4.69, 9.17) is 5.26 Å². The third-order valence-corrected chi connectivity index (χ3v) is 3.58. The zero-order valence-corrected chi connectivity index (χ0v) is 12.9. The van der Waals surface area contributed by atoms with Gasteiger partial charge in [-0.3, -0.25) is 0 Å². The molecule has 0 rings (SSSR count). The number of nitriles is 1. The molecule has 0 fully saturated rings. The fourth-order valence-corrected chi connectivity index (χ4v) is 2.16. The summed E-state index contributed by atoms with van der Waals surface area (Å²) in [6.07, 6.45) is 5.12. The van der Waals surface area contributed by atoms with Crippen molar-refractivity contribution in [3.63, 3.8) is 0 Å². The summed E-state index contributed by atoms with van der Waals surface area (Å²) in [6, 6.07) is 1.75. The van der Waals surface area contributed by atoms with Gasteiger partial charge in [-0.1, -0.05) is 39.0 Å². The second kappa shape index (κ2) is 10.5. The van der Waals surface area contributed by atoms with Crippen molar-refractivity contribution in [3.8, 4) is 6.07 Å². The first-order valence-electron chi connectivity index (χ1n) is 5.34. The van der Waals surface area contributed by atoms with Crippen LogP contribution in [0.4, 0.5) is 0 Å². The number of hydrogen-bond acceptors (Lipinski definition) is 4. The predicted octanol–water partition coefficient (Wildman–Crippen LogP) is -0.822. The molecule has 0 spiro atoms. The molecule has 0 aromatic carbocycles. The molecule has 0 aromatic heterocycles. The van der Waals surface area contributed by atoms with Crippen molar-refractivity contribution in [2.75, 3.05) is 0 Å². The zero-order chi connectivity index (χ0) is 11.7. The smallest absolute Gasteiger partial charge is 0.748 e. The molecule has 0 radical (unpaired) electrons. The summed E-state index contributed by atoms with van der Waals surface area (Å²) in [5, 5.41) is 7.38. The van der Waals surface area contributed by atoms with Crippen LogP contribution in [-0.2, 0) is 10.1 Å². The number of unbranched alkanes of at least 4 members (excludes halogenated alkanes) is 4. The van der Waals surface area contributed by atoms with E-state index < -0.39 is 15.4 Å². The van der Waals surface area contributed by atoms with E-state index in [0.29, 0.717) is 12.8 Å². The molecule has 0 bridgehead atoms. The van der Waals surface area contributed by atoms with E-state index in [1.165, 1.54) is 0 Å². The van der Waals surface area contributed by atoms with Crippen molar-refractivity contribution in [3.05, 3.63) is 0 Å². The summed E-state index contributed by atoms with van der Waals surface area (Å²) in [4.78, 5) is 0. The van der Waals surface area contributed by atoms with Gasteiger partial charge >= 0.3 is 29.6 Å². The largest absolute Gasteiger partial charge is 1.00 e. The van der Waals surface area contributed by atoms with Gasteiger partial charge in [0.25, 0.3) is 0 Å². The summed E-state index contributed by atoms with van der Waals surface area (Å²) in [5.74, 6) is 0. The number of rotatable bonds is 8. The first kappa shape index (κ1) is 18.8. The molecule has 0 saturated heterocycles. The maximum atomic E-state index is 10.7. The van der Waals surface area contributed by atoms with Crippen molar-refractivity contribution in [2.45, 2.75) is 57.1 Å². The number of hydrogen-bond donors (Lipinski definition) is 0. The Morgan fingerprint density at radius 3 is 2.25 bits per heavy atom. The monoisotopic (exact) mass is 255 g/mol. The van der Waals surface area contributed by atoms with Crippen LogP contribution >= 0.6 is 0 Å². The quantitative estimate of drug-likeness (QED) is 0.322. The Balaban J connectivity index is 0. The molecule has 1 atom stereocenters. The molecule has 6 heteroatoms. The van der Waals surface area contributed by atoms with Crippen molar-refractivity contribution in [2.24, 2.45) is 0 Å². The first-order chi connectivity index (χ1) is 7.02. The Kier molecular flexibility index (Phi) is 12.4. The van der Waals surface area contributed by atoms with Crippen LogP contribution in [0, 0.1) is 11.3 Å². The molecular formula is C10H18NNaO3S. The van der Waals surface area contributed by atoms with Gasteiger partial charge in [0.2, 0.25) is 0 Å². The topological polar surface area (TPSA) is 81.0 Å². The van der Waals surface area contributed by atoms with Crippen LogP contribution < -0.4 is 29.6 Å². The Labute approximate surface area is 120 Å². The van der Waals surface area contributed by atoms with E-state index in [9.17, 15) is 13.0 Å². The predicted molar refractivity (Wildman–Crippen MR) is 57.1 cm³/mol. The van der Waals surface area contributed by atoms with Crippen LogP contribution in [0.25, 0.3) is 0 Å².